The smallest absolute Gasteiger partial charge is 0.294 e. The second-order valence-electron chi connectivity index (χ2n) is 8.49. The zero-order valence-electron chi connectivity index (χ0n) is 20.5. The maximum atomic E-state index is 13.1. The maximum absolute atomic E-state index is 13.1. The van der Waals surface area contributed by atoms with E-state index in [9.17, 15) is 14.4 Å². The average Bonchev–Trinajstić information content (AvgIpc) is 2.88. The van der Waals surface area contributed by atoms with Crippen LogP contribution in [0.3, 0.4) is 0 Å². The van der Waals surface area contributed by atoms with Crippen LogP contribution in [0.15, 0.2) is 53.5 Å². The molecule has 0 spiro atoms. The summed E-state index contributed by atoms with van der Waals surface area (Å²) < 4.78 is 3.99. The maximum Gasteiger partial charge on any atom is 0.294 e. The van der Waals surface area contributed by atoms with Gasteiger partial charge in [0.2, 0.25) is 11.7 Å². The molecule has 194 valence electrons. The minimum atomic E-state index is -0.499. The molecule has 1 aromatic heterocycles. The van der Waals surface area contributed by atoms with Crippen LogP contribution in [-0.4, -0.2) is 33.2 Å². The number of nitrogens with zero attached hydrogens (tertiary/aromatic N) is 2. The van der Waals surface area contributed by atoms with Crippen LogP contribution < -0.4 is 31.2 Å². The van der Waals surface area contributed by atoms with E-state index in [0.717, 1.165) is 12.0 Å². The van der Waals surface area contributed by atoms with Crippen molar-refractivity contribution in [2.75, 3.05) is 9.26 Å². The summed E-state index contributed by atoms with van der Waals surface area (Å²) in [4.78, 5) is 42.8. The van der Waals surface area contributed by atoms with Crippen molar-refractivity contribution in [1.82, 2.24) is 20.2 Å². The highest BCUT2D eigenvalue weighted by Crippen LogP contribution is 2.23. The third kappa shape index (κ3) is 7.06. The van der Waals surface area contributed by atoms with Crippen molar-refractivity contribution in [3.8, 4) is 11.3 Å². The summed E-state index contributed by atoms with van der Waals surface area (Å²) >= 11 is 1.80. The Bertz CT molecular complexity index is 1370. The van der Waals surface area contributed by atoms with Gasteiger partial charge in [-0.2, -0.15) is 0 Å². The minimum absolute atomic E-state index is 0.0198. The Labute approximate surface area is 228 Å². The first-order valence-electron chi connectivity index (χ1n) is 11.5. The number of anilines is 2. The molecule has 8 N–H and O–H groups in total. The third-order valence-corrected chi connectivity index (χ3v) is 6.21. The van der Waals surface area contributed by atoms with Gasteiger partial charge in [0.25, 0.3) is 11.5 Å². The average molecular weight is 616 g/mol. The summed E-state index contributed by atoms with van der Waals surface area (Å²) in [5.74, 6) is -0.662. The van der Waals surface area contributed by atoms with Crippen LogP contribution in [0, 0.1) is 5.41 Å². The van der Waals surface area contributed by atoms with E-state index in [4.69, 9.17) is 16.9 Å². The number of nitrogens with two attached hydrogens (primary N) is 2. The van der Waals surface area contributed by atoms with E-state index < -0.39 is 11.5 Å². The highest BCUT2D eigenvalue weighted by molar-refractivity contribution is 14.1. The van der Waals surface area contributed by atoms with Crippen molar-refractivity contribution in [2.45, 2.75) is 39.4 Å². The van der Waals surface area contributed by atoms with Crippen LogP contribution in [0.1, 0.15) is 41.8 Å². The molecular formula is C25H29IN8O3. The number of amidine groups is 1. The molecule has 3 aromatic rings. The predicted octanol–water partition coefficient (Wildman–Crippen LogP) is 2.38. The fraction of sp³-hybridized carbons (Fsp3) is 0.240. The number of carbonyl (C=O) groups excluding carboxylic acids is 2. The summed E-state index contributed by atoms with van der Waals surface area (Å²) in [7, 11) is 0. The fourth-order valence-corrected chi connectivity index (χ4v) is 3.85. The van der Waals surface area contributed by atoms with E-state index in [2.05, 4.69) is 19.1 Å². The van der Waals surface area contributed by atoms with Crippen LogP contribution in [0.4, 0.5) is 11.5 Å². The third-order valence-electron chi connectivity index (χ3n) is 5.70. The van der Waals surface area contributed by atoms with Crippen LogP contribution in [-0.2, 0) is 17.9 Å². The lowest BCUT2D eigenvalue weighted by molar-refractivity contribution is -0.121. The Kier molecular flexibility index (Phi) is 9.22. The molecule has 11 nitrogen and oxygen atoms in total. The lowest BCUT2D eigenvalue weighted by atomic mass is 10.1. The molecule has 2 amide bonds. The Morgan fingerprint density at radius 1 is 1.16 bits per heavy atom. The Hall–Kier alpha value is -3.94. The normalized spacial score (nSPS) is 11.4. The van der Waals surface area contributed by atoms with Crippen LogP contribution in [0.5, 0.6) is 0 Å². The summed E-state index contributed by atoms with van der Waals surface area (Å²) in [6.07, 6.45) is 2.23. The van der Waals surface area contributed by atoms with Gasteiger partial charge in [0, 0.05) is 35.0 Å². The number of carbonyl (C=O) groups is 2. The monoisotopic (exact) mass is 616 g/mol. The van der Waals surface area contributed by atoms with Gasteiger partial charge in [-0.05, 0) is 37.1 Å². The molecule has 0 saturated heterocycles. The minimum Gasteiger partial charge on any atom is -0.399 e. The van der Waals surface area contributed by atoms with Crippen molar-refractivity contribution in [3.63, 3.8) is 0 Å². The summed E-state index contributed by atoms with van der Waals surface area (Å²) in [6, 6.07) is 11.7. The van der Waals surface area contributed by atoms with Crippen molar-refractivity contribution >= 4 is 52.0 Å². The van der Waals surface area contributed by atoms with Crippen molar-refractivity contribution < 1.29 is 9.59 Å². The number of nitrogens with one attached hydrogen (secondary N) is 4. The first kappa shape index (κ1) is 27.6. The highest BCUT2D eigenvalue weighted by Gasteiger charge is 2.17. The molecule has 0 aliphatic heterocycles. The first-order chi connectivity index (χ1) is 17.6. The van der Waals surface area contributed by atoms with Crippen LogP contribution in [0.25, 0.3) is 11.3 Å². The number of benzene rings is 2. The van der Waals surface area contributed by atoms with Gasteiger partial charge in [-0.1, -0.05) is 31.2 Å². The van der Waals surface area contributed by atoms with E-state index in [1.807, 2.05) is 13.8 Å². The zero-order chi connectivity index (χ0) is 27.1. The second kappa shape index (κ2) is 12.3. The highest BCUT2D eigenvalue weighted by atomic mass is 127. The summed E-state index contributed by atoms with van der Waals surface area (Å²) in [6.45, 7) is 3.81. The summed E-state index contributed by atoms with van der Waals surface area (Å²) in [5, 5.41) is 13.2. The van der Waals surface area contributed by atoms with Crippen molar-refractivity contribution in [2.24, 2.45) is 5.73 Å². The Morgan fingerprint density at radius 3 is 2.49 bits per heavy atom. The lowest BCUT2D eigenvalue weighted by Crippen LogP contribution is -2.34. The molecular weight excluding hydrogens is 587 g/mol. The van der Waals surface area contributed by atoms with E-state index in [0.29, 0.717) is 28.1 Å². The van der Waals surface area contributed by atoms with Gasteiger partial charge in [-0.25, -0.2) is 4.98 Å². The molecule has 0 fully saturated rings. The first-order valence-corrected chi connectivity index (χ1v) is 12.6. The molecule has 0 unspecified atom stereocenters. The molecule has 2 aromatic carbocycles. The SMILES string of the molecule is CC[C@H](C)NC(=O)c1cc(N)cc(-c2cnc(NI)c(=O)n2CC(=O)NCc2ccc(C(=N)N)cc2)c1. The molecule has 0 bridgehead atoms. The van der Waals surface area contributed by atoms with Gasteiger partial charge in [0.15, 0.2) is 0 Å². The number of hydrogen-bond donors (Lipinski definition) is 6. The zero-order valence-corrected chi connectivity index (χ0v) is 22.6. The summed E-state index contributed by atoms with van der Waals surface area (Å²) in [5.41, 5.74) is 13.9. The number of hydrogen-bond acceptors (Lipinski definition) is 7. The number of amides is 2. The van der Waals surface area contributed by atoms with Crippen molar-refractivity contribution in [3.05, 3.63) is 75.7 Å². The van der Waals surface area contributed by atoms with Gasteiger partial charge >= 0.3 is 0 Å². The molecule has 0 radical (unpaired) electrons. The fourth-order valence-electron chi connectivity index (χ4n) is 3.48. The predicted molar refractivity (Wildman–Crippen MR) is 153 cm³/mol. The van der Waals surface area contributed by atoms with Crippen molar-refractivity contribution in [1.29, 1.82) is 5.41 Å². The standard InChI is InChI=1S/C25H29IN8O3/c1-3-14(2)32-24(36)18-8-17(9-19(27)10-18)20-12-31-23(33-26)25(37)34(20)13-21(35)30-11-15-4-6-16(7-5-15)22(28)29/h4-10,12,14H,3,11,13,27H2,1-2H3,(H3,28,29)(H,30,35)(H,31,33)(H,32,36)/t14-/m0/s1. The van der Waals surface area contributed by atoms with Gasteiger partial charge in [0.1, 0.15) is 12.4 Å². The van der Waals surface area contributed by atoms with E-state index in [1.165, 1.54) is 10.8 Å². The molecule has 0 saturated carbocycles. The quantitative estimate of drug-likeness (QED) is 0.0665. The molecule has 12 heteroatoms. The van der Waals surface area contributed by atoms with E-state index in [-0.39, 0.29) is 36.7 Å². The van der Waals surface area contributed by atoms with Gasteiger partial charge in [-0.15, -0.1) is 0 Å². The largest absolute Gasteiger partial charge is 0.399 e. The van der Waals surface area contributed by atoms with Gasteiger partial charge < -0.3 is 25.6 Å². The van der Waals surface area contributed by atoms with E-state index >= 15 is 0 Å². The molecule has 0 aliphatic carbocycles. The molecule has 37 heavy (non-hydrogen) atoms. The molecule has 0 aliphatic rings. The van der Waals surface area contributed by atoms with Crippen LogP contribution >= 0.6 is 22.9 Å². The lowest BCUT2D eigenvalue weighted by Gasteiger charge is -2.16. The molecule has 1 atom stereocenters. The number of nitrogen functional groups attached to an aromatic ring is 2. The Morgan fingerprint density at radius 2 is 1.86 bits per heavy atom. The van der Waals surface area contributed by atoms with E-state index in [1.54, 1.807) is 65.3 Å². The number of rotatable bonds is 10. The van der Waals surface area contributed by atoms with Gasteiger partial charge in [-0.3, -0.25) is 24.4 Å². The Balaban J connectivity index is 1.89. The number of aromatic nitrogens is 2. The van der Waals surface area contributed by atoms with Crippen LogP contribution in [0.2, 0.25) is 0 Å². The van der Waals surface area contributed by atoms with Gasteiger partial charge in [0.05, 0.1) is 34.8 Å². The second-order valence-corrected chi connectivity index (χ2v) is 9.03. The molecule has 1 heterocycles. The topological polar surface area (TPSA) is 181 Å². The number of halogens is 1. The molecule has 3 rings (SSSR count).